The number of carbonyl (C=O) groups is 2. The van der Waals surface area contributed by atoms with Crippen LogP contribution in [0.25, 0.3) is 0 Å². The zero-order valence-electron chi connectivity index (χ0n) is 11.3. The van der Waals surface area contributed by atoms with E-state index in [4.69, 9.17) is 5.11 Å². The number of hydrogen-bond donors (Lipinski definition) is 3. The molecule has 0 aliphatic rings. The zero-order valence-corrected chi connectivity index (χ0v) is 11.3. The van der Waals surface area contributed by atoms with Gasteiger partial charge in [0.1, 0.15) is 0 Å². The molecule has 0 bridgehead atoms. The number of nitrogens with zero attached hydrogens (tertiary/aromatic N) is 1. The Morgan fingerprint density at radius 2 is 2.11 bits per heavy atom. The summed E-state index contributed by atoms with van der Waals surface area (Å²) >= 11 is 0. The topological polar surface area (TPSA) is 91.3 Å². The molecule has 1 aromatic heterocycles. The van der Waals surface area contributed by atoms with Crippen LogP contribution in [0, 0.1) is 12.8 Å². The molecule has 0 saturated carbocycles. The van der Waals surface area contributed by atoms with Crippen LogP contribution in [0.1, 0.15) is 25.0 Å². The second-order valence-corrected chi connectivity index (χ2v) is 4.54. The highest BCUT2D eigenvalue weighted by atomic mass is 16.4. The number of aromatic nitrogens is 1. The Balaban J connectivity index is 2.44. The van der Waals surface area contributed by atoms with Gasteiger partial charge in [0.2, 0.25) is 0 Å². The molecule has 0 fully saturated rings. The molecule has 19 heavy (non-hydrogen) atoms. The first-order valence-electron chi connectivity index (χ1n) is 6.08. The third kappa shape index (κ3) is 4.57. The van der Waals surface area contributed by atoms with E-state index < -0.39 is 17.9 Å². The fourth-order valence-electron chi connectivity index (χ4n) is 1.45. The average Bonchev–Trinajstić information content (AvgIpc) is 2.36. The first-order valence-corrected chi connectivity index (χ1v) is 6.08. The van der Waals surface area contributed by atoms with Crippen molar-refractivity contribution in [1.29, 1.82) is 0 Å². The van der Waals surface area contributed by atoms with Gasteiger partial charge in [-0.2, -0.15) is 0 Å². The zero-order chi connectivity index (χ0) is 14.4. The Morgan fingerprint density at radius 3 is 2.68 bits per heavy atom. The lowest BCUT2D eigenvalue weighted by Gasteiger charge is -2.18. The van der Waals surface area contributed by atoms with Crippen LogP contribution in [0.3, 0.4) is 0 Å². The number of aryl methyl sites for hydroxylation is 1. The minimum atomic E-state index is -0.934. The van der Waals surface area contributed by atoms with E-state index in [2.05, 4.69) is 15.6 Å². The maximum absolute atomic E-state index is 11.6. The summed E-state index contributed by atoms with van der Waals surface area (Å²) < 4.78 is 0. The van der Waals surface area contributed by atoms with E-state index in [1.165, 1.54) is 0 Å². The summed E-state index contributed by atoms with van der Waals surface area (Å²) in [4.78, 5) is 26.4. The molecule has 6 nitrogen and oxygen atoms in total. The van der Waals surface area contributed by atoms with Gasteiger partial charge >= 0.3 is 12.0 Å². The van der Waals surface area contributed by atoms with Crippen molar-refractivity contribution in [3.8, 4) is 0 Å². The normalized spacial score (nSPS) is 13.4. The van der Waals surface area contributed by atoms with Gasteiger partial charge in [0.05, 0.1) is 5.92 Å². The van der Waals surface area contributed by atoms with Gasteiger partial charge in [0, 0.05) is 25.0 Å². The SMILES string of the molecule is Cc1ccncc1CNC(=O)NC(C)C(C)C(=O)O. The second kappa shape index (κ2) is 6.72. The molecule has 0 spiro atoms. The third-order valence-corrected chi connectivity index (χ3v) is 3.09. The predicted molar refractivity (Wildman–Crippen MR) is 70.6 cm³/mol. The number of hydrogen-bond acceptors (Lipinski definition) is 3. The van der Waals surface area contributed by atoms with Gasteiger partial charge in [-0.25, -0.2) is 4.79 Å². The number of rotatable bonds is 5. The van der Waals surface area contributed by atoms with Crippen LogP contribution in [-0.4, -0.2) is 28.1 Å². The first-order chi connectivity index (χ1) is 8.91. The van der Waals surface area contributed by atoms with Crippen molar-refractivity contribution >= 4 is 12.0 Å². The number of pyridine rings is 1. The largest absolute Gasteiger partial charge is 0.481 e. The lowest BCUT2D eigenvalue weighted by atomic mass is 10.0. The number of amides is 2. The maximum Gasteiger partial charge on any atom is 0.315 e. The number of carboxylic acids is 1. The predicted octanol–water partition coefficient (Wildman–Crippen LogP) is 1.30. The number of aliphatic carboxylic acids is 1. The standard InChI is InChI=1S/C13H19N3O3/c1-8-4-5-14-6-11(8)7-15-13(19)16-10(3)9(2)12(17)18/h4-6,9-10H,7H2,1-3H3,(H,17,18)(H2,15,16,19). The van der Waals surface area contributed by atoms with Crippen LogP contribution < -0.4 is 10.6 Å². The summed E-state index contributed by atoms with van der Waals surface area (Å²) in [5, 5.41) is 14.1. The van der Waals surface area contributed by atoms with Gasteiger partial charge in [-0.15, -0.1) is 0 Å². The monoisotopic (exact) mass is 265 g/mol. The van der Waals surface area contributed by atoms with E-state index in [0.717, 1.165) is 11.1 Å². The molecule has 1 heterocycles. The van der Waals surface area contributed by atoms with Gasteiger partial charge in [-0.3, -0.25) is 9.78 Å². The minimum Gasteiger partial charge on any atom is -0.481 e. The third-order valence-electron chi connectivity index (χ3n) is 3.09. The number of carbonyl (C=O) groups excluding carboxylic acids is 1. The van der Waals surface area contributed by atoms with Gasteiger partial charge in [-0.05, 0) is 38.0 Å². The highest BCUT2D eigenvalue weighted by Gasteiger charge is 2.20. The summed E-state index contributed by atoms with van der Waals surface area (Å²) in [5.41, 5.74) is 1.97. The molecule has 0 aromatic carbocycles. The molecule has 2 unspecified atom stereocenters. The van der Waals surface area contributed by atoms with Crippen LogP contribution in [0.2, 0.25) is 0 Å². The van der Waals surface area contributed by atoms with Crippen molar-refractivity contribution in [3.05, 3.63) is 29.6 Å². The van der Waals surface area contributed by atoms with Crippen LogP contribution in [0.4, 0.5) is 4.79 Å². The minimum absolute atomic E-state index is 0.361. The van der Waals surface area contributed by atoms with Crippen molar-refractivity contribution in [1.82, 2.24) is 15.6 Å². The van der Waals surface area contributed by atoms with E-state index >= 15 is 0 Å². The van der Waals surface area contributed by atoms with E-state index in [1.54, 1.807) is 26.2 Å². The Morgan fingerprint density at radius 1 is 1.42 bits per heavy atom. The quantitative estimate of drug-likeness (QED) is 0.748. The van der Waals surface area contributed by atoms with Crippen molar-refractivity contribution in [2.24, 2.45) is 5.92 Å². The average molecular weight is 265 g/mol. The van der Waals surface area contributed by atoms with Crippen molar-refractivity contribution in [2.45, 2.75) is 33.4 Å². The molecule has 2 amide bonds. The molecule has 104 valence electrons. The van der Waals surface area contributed by atoms with Crippen molar-refractivity contribution in [2.75, 3.05) is 0 Å². The van der Waals surface area contributed by atoms with E-state index in [1.807, 2.05) is 13.0 Å². The Bertz CT molecular complexity index is 462. The molecule has 0 radical (unpaired) electrons. The summed E-state index contributed by atoms with van der Waals surface area (Å²) in [6.45, 7) is 5.51. The second-order valence-electron chi connectivity index (χ2n) is 4.54. The van der Waals surface area contributed by atoms with E-state index in [9.17, 15) is 9.59 Å². The lowest BCUT2D eigenvalue weighted by molar-refractivity contribution is -0.141. The molecule has 0 aliphatic heterocycles. The van der Waals surface area contributed by atoms with Crippen molar-refractivity contribution < 1.29 is 14.7 Å². The molecule has 1 rings (SSSR count). The summed E-state index contributed by atoms with van der Waals surface area (Å²) in [7, 11) is 0. The van der Waals surface area contributed by atoms with Gasteiger partial charge in [-0.1, -0.05) is 0 Å². The fourth-order valence-corrected chi connectivity index (χ4v) is 1.45. The van der Waals surface area contributed by atoms with Crippen LogP contribution in [-0.2, 0) is 11.3 Å². The highest BCUT2D eigenvalue weighted by molar-refractivity contribution is 5.76. The van der Waals surface area contributed by atoms with Gasteiger partial charge < -0.3 is 15.7 Å². The van der Waals surface area contributed by atoms with Crippen LogP contribution in [0.15, 0.2) is 18.5 Å². The summed E-state index contributed by atoms with van der Waals surface area (Å²) in [6, 6.07) is 1.04. The first kappa shape index (κ1) is 14.9. The molecule has 0 saturated heterocycles. The number of urea groups is 1. The molecule has 1 aromatic rings. The maximum atomic E-state index is 11.6. The highest BCUT2D eigenvalue weighted by Crippen LogP contribution is 2.04. The molecule has 0 aliphatic carbocycles. The Kier molecular flexibility index (Phi) is 5.29. The van der Waals surface area contributed by atoms with Crippen LogP contribution in [0.5, 0.6) is 0 Å². The molecular weight excluding hydrogens is 246 g/mol. The van der Waals surface area contributed by atoms with Gasteiger partial charge in [0.25, 0.3) is 0 Å². The van der Waals surface area contributed by atoms with Crippen LogP contribution >= 0.6 is 0 Å². The summed E-state index contributed by atoms with van der Waals surface area (Å²) in [5.74, 6) is -1.57. The van der Waals surface area contributed by atoms with E-state index in [-0.39, 0.29) is 6.03 Å². The fraction of sp³-hybridized carbons (Fsp3) is 0.462. The van der Waals surface area contributed by atoms with E-state index in [0.29, 0.717) is 6.54 Å². The Labute approximate surface area is 112 Å². The molecular formula is C13H19N3O3. The molecule has 3 N–H and O–H groups in total. The number of nitrogens with one attached hydrogen (secondary N) is 2. The lowest BCUT2D eigenvalue weighted by Crippen LogP contribution is -2.45. The van der Waals surface area contributed by atoms with Gasteiger partial charge in [0.15, 0.2) is 0 Å². The molecule has 6 heteroatoms. The number of carboxylic acid groups (broad SMARTS) is 1. The summed E-state index contributed by atoms with van der Waals surface area (Å²) in [6.07, 6.45) is 3.38. The van der Waals surface area contributed by atoms with Crippen molar-refractivity contribution in [3.63, 3.8) is 0 Å². The molecule has 2 atom stereocenters. The smallest absolute Gasteiger partial charge is 0.315 e. The Hall–Kier alpha value is -2.11.